The number of hydrogen-bond acceptors (Lipinski definition) is 1. The molecule has 1 amide bonds. The molecule has 0 saturated carbocycles. The fraction of sp³-hybridized carbons (Fsp3) is 0.0909. The van der Waals surface area contributed by atoms with E-state index < -0.39 is 40.8 Å². The number of hydrogen-bond donors (Lipinski definition) is 2. The van der Waals surface area contributed by atoms with E-state index in [1.54, 1.807) is 0 Å². The molecule has 9 heteroatoms. The van der Waals surface area contributed by atoms with E-state index in [1.807, 2.05) is 0 Å². The predicted molar refractivity (Wildman–Crippen MR) is 61.3 cm³/mol. The highest BCUT2D eigenvalue weighted by atomic mass is 19.4. The molecular weight excluding hydrogens is 285 g/mol. The van der Waals surface area contributed by atoms with Crippen molar-refractivity contribution >= 4 is 17.9 Å². The molecule has 1 aromatic rings. The Bertz CT molecular complexity index is 588. The van der Waals surface area contributed by atoms with Gasteiger partial charge >= 0.3 is 12.1 Å². The van der Waals surface area contributed by atoms with Gasteiger partial charge < -0.3 is 11.5 Å². The van der Waals surface area contributed by atoms with Crippen molar-refractivity contribution in [1.82, 2.24) is 0 Å². The van der Waals surface area contributed by atoms with E-state index in [4.69, 9.17) is 11.5 Å². The molecule has 0 aliphatic heterocycles. The molecule has 0 saturated heterocycles. The Morgan fingerprint density at radius 1 is 1.25 bits per heavy atom. The van der Waals surface area contributed by atoms with Crippen molar-refractivity contribution in [3.8, 4) is 0 Å². The van der Waals surface area contributed by atoms with Crippen molar-refractivity contribution < 1.29 is 26.7 Å². The smallest absolute Gasteiger partial charge is 0.370 e. The normalized spacial score (nSPS) is 12.2. The van der Waals surface area contributed by atoms with Crippen molar-refractivity contribution in [3.05, 3.63) is 41.0 Å². The summed E-state index contributed by atoms with van der Waals surface area (Å²) in [6.07, 6.45) is -4.45. The number of amides is 1. The highest BCUT2D eigenvalue weighted by Gasteiger charge is 2.31. The Morgan fingerprint density at radius 2 is 1.85 bits per heavy atom. The second-order valence-electron chi connectivity index (χ2n) is 3.57. The van der Waals surface area contributed by atoms with Gasteiger partial charge in [-0.3, -0.25) is 4.79 Å². The Hall–Kier alpha value is -2.45. The molecule has 0 aliphatic carbocycles. The van der Waals surface area contributed by atoms with Crippen LogP contribution in [0.4, 0.5) is 22.0 Å². The van der Waals surface area contributed by atoms with E-state index in [9.17, 15) is 26.7 Å². The molecule has 108 valence electrons. The third-order valence-electron chi connectivity index (χ3n) is 2.04. The summed E-state index contributed by atoms with van der Waals surface area (Å²) in [4.78, 5) is 13.8. The van der Waals surface area contributed by atoms with Gasteiger partial charge in [-0.1, -0.05) is 0 Å². The van der Waals surface area contributed by atoms with E-state index in [2.05, 4.69) is 4.99 Å². The standard InChI is InChI=1S/C11H8F5N3O/c12-7-2-1-6(11(14,15)16)3-5(7)4-8(13)9(20)19-10(17)18/h1-4H,(H4,17,18,19,20)/b8-4-. The summed E-state index contributed by atoms with van der Waals surface area (Å²) in [6, 6.07) is 1.35. The second-order valence-corrected chi connectivity index (χ2v) is 3.57. The first-order valence-corrected chi connectivity index (χ1v) is 4.99. The predicted octanol–water partition coefficient (Wildman–Crippen LogP) is 1.95. The van der Waals surface area contributed by atoms with Gasteiger partial charge in [-0.15, -0.1) is 0 Å². The van der Waals surface area contributed by atoms with E-state index >= 15 is 0 Å². The average Bonchev–Trinajstić information content (AvgIpc) is 2.29. The van der Waals surface area contributed by atoms with Crippen LogP contribution in [0, 0.1) is 5.82 Å². The average molecular weight is 293 g/mol. The molecular formula is C11H8F5N3O. The van der Waals surface area contributed by atoms with Crippen molar-refractivity contribution in [2.24, 2.45) is 16.5 Å². The van der Waals surface area contributed by atoms with Crippen LogP contribution in [0.3, 0.4) is 0 Å². The van der Waals surface area contributed by atoms with E-state index in [1.165, 1.54) is 0 Å². The molecule has 0 radical (unpaired) electrons. The zero-order valence-corrected chi connectivity index (χ0v) is 9.71. The summed E-state index contributed by atoms with van der Waals surface area (Å²) >= 11 is 0. The quantitative estimate of drug-likeness (QED) is 0.378. The van der Waals surface area contributed by atoms with E-state index in [0.29, 0.717) is 18.2 Å². The lowest BCUT2D eigenvalue weighted by molar-refractivity contribution is -0.137. The van der Waals surface area contributed by atoms with Gasteiger partial charge in [-0.05, 0) is 24.3 Å². The van der Waals surface area contributed by atoms with Crippen molar-refractivity contribution in [2.75, 3.05) is 0 Å². The van der Waals surface area contributed by atoms with Crippen LogP contribution in [0.2, 0.25) is 0 Å². The highest BCUT2D eigenvalue weighted by molar-refractivity contribution is 6.02. The van der Waals surface area contributed by atoms with Crippen LogP contribution in [0.15, 0.2) is 29.0 Å². The number of halogens is 5. The number of nitrogens with two attached hydrogens (primary N) is 2. The molecule has 0 bridgehead atoms. The molecule has 0 spiro atoms. The number of guanidine groups is 1. The number of nitrogens with zero attached hydrogens (tertiary/aromatic N) is 1. The van der Waals surface area contributed by atoms with Gasteiger partial charge in [-0.2, -0.15) is 18.2 Å². The van der Waals surface area contributed by atoms with Gasteiger partial charge in [0.2, 0.25) is 0 Å². The number of benzene rings is 1. The summed E-state index contributed by atoms with van der Waals surface area (Å²) in [5.74, 6) is -4.99. The SMILES string of the molecule is NC(N)=NC(=O)/C(F)=C/c1cc(C(F)(F)F)ccc1F. The summed E-state index contributed by atoms with van der Waals surface area (Å²) < 4.78 is 63.8. The fourth-order valence-corrected chi connectivity index (χ4v) is 1.20. The van der Waals surface area contributed by atoms with Crippen LogP contribution in [0.5, 0.6) is 0 Å². The minimum Gasteiger partial charge on any atom is -0.370 e. The molecule has 4 N–H and O–H groups in total. The van der Waals surface area contributed by atoms with Crippen LogP contribution in [0.25, 0.3) is 6.08 Å². The zero-order valence-electron chi connectivity index (χ0n) is 9.71. The van der Waals surface area contributed by atoms with Crippen molar-refractivity contribution in [3.63, 3.8) is 0 Å². The Kier molecular flexibility index (Phi) is 4.43. The molecule has 1 aromatic carbocycles. The van der Waals surface area contributed by atoms with Gasteiger partial charge in [0.05, 0.1) is 5.56 Å². The molecule has 0 unspecified atom stereocenters. The summed E-state index contributed by atoms with van der Waals surface area (Å²) in [5.41, 5.74) is 7.71. The Morgan fingerprint density at radius 3 is 2.35 bits per heavy atom. The number of alkyl halides is 3. The van der Waals surface area contributed by atoms with Crippen molar-refractivity contribution in [2.45, 2.75) is 6.18 Å². The molecule has 0 atom stereocenters. The van der Waals surface area contributed by atoms with Gasteiger partial charge in [0, 0.05) is 5.56 Å². The van der Waals surface area contributed by atoms with Gasteiger partial charge in [-0.25, -0.2) is 8.78 Å². The highest BCUT2D eigenvalue weighted by Crippen LogP contribution is 2.30. The minimum absolute atomic E-state index is 0.277. The molecule has 0 aromatic heterocycles. The van der Waals surface area contributed by atoms with Crippen LogP contribution >= 0.6 is 0 Å². The molecule has 0 aliphatic rings. The molecule has 0 fully saturated rings. The topological polar surface area (TPSA) is 81.5 Å². The second kappa shape index (κ2) is 5.68. The first-order valence-electron chi connectivity index (χ1n) is 4.99. The maximum absolute atomic E-state index is 13.3. The maximum atomic E-state index is 13.3. The third kappa shape index (κ3) is 4.04. The van der Waals surface area contributed by atoms with Gasteiger partial charge in [0.25, 0.3) is 0 Å². The first-order chi connectivity index (χ1) is 9.11. The van der Waals surface area contributed by atoms with Crippen LogP contribution in [-0.4, -0.2) is 11.9 Å². The first kappa shape index (κ1) is 15.6. The zero-order chi connectivity index (χ0) is 15.5. The summed E-state index contributed by atoms with van der Waals surface area (Å²) in [6.45, 7) is 0. The lowest BCUT2D eigenvalue weighted by Gasteiger charge is -2.07. The number of carbonyl (C=O) groups excluding carboxylic acids is 1. The number of rotatable bonds is 2. The molecule has 20 heavy (non-hydrogen) atoms. The molecule has 4 nitrogen and oxygen atoms in total. The van der Waals surface area contributed by atoms with Gasteiger partial charge in [0.1, 0.15) is 5.82 Å². The van der Waals surface area contributed by atoms with Crippen molar-refractivity contribution in [1.29, 1.82) is 0 Å². The van der Waals surface area contributed by atoms with Crippen LogP contribution < -0.4 is 11.5 Å². The molecule has 0 heterocycles. The van der Waals surface area contributed by atoms with Crippen LogP contribution in [0.1, 0.15) is 11.1 Å². The summed E-state index contributed by atoms with van der Waals surface area (Å²) in [5, 5.41) is 0. The third-order valence-corrected chi connectivity index (χ3v) is 2.04. The number of carbonyl (C=O) groups is 1. The van der Waals surface area contributed by atoms with Crippen LogP contribution in [-0.2, 0) is 11.0 Å². The number of aliphatic imine (C=N–C) groups is 1. The lowest BCUT2D eigenvalue weighted by Crippen LogP contribution is -2.24. The van der Waals surface area contributed by atoms with Gasteiger partial charge in [0.15, 0.2) is 11.8 Å². The Labute approximate surface area is 109 Å². The molecule has 1 rings (SSSR count). The van der Waals surface area contributed by atoms with E-state index in [0.717, 1.165) is 0 Å². The lowest BCUT2D eigenvalue weighted by atomic mass is 10.1. The maximum Gasteiger partial charge on any atom is 0.416 e. The minimum atomic E-state index is -4.73. The fourth-order valence-electron chi connectivity index (χ4n) is 1.20. The summed E-state index contributed by atoms with van der Waals surface area (Å²) in [7, 11) is 0. The largest absolute Gasteiger partial charge is 0.416 e. The monoisotopic (exact) mass is 293 g/mol. The Balaban J connectivity index is 3.20. The van der Waals surface area contributed by atoms with E-state index in [-0.39, 0.29) is 6.08 Å².